The van der Waals surface area contributed by atoms with Gasteiger partial charge in [0.05, 0.1) is 0 Å². The summed E-state index contributed by atoms with van der Waals surface area (Å²) in [5.74, 6) is 0.163. The fourth-order valence-electron chi connectivity index (χ4n) is 1.29. The molecule has 0 saturated carbocycles. The number of rotatable bonds is 2. The highest BCUT2D eigenvalue weighted by molar-refractivity contribution is 7.89. The molecule has 0 radical (unpaired) electrons. The Morgan fingerprint density at radius 1 is 1.40 bits per heavy atom. The number of pyridine rings is 1. The molecular weight excluding hydrogens is 238 g/mol. The number of nitrogens with zero attached hydrogens (tertiary/aromatic N) is 3. The molecule has 0 aliphatic carbocycles. The second-order valence-electron chi connectivity index (χ2n) is 3.23. The lowest BCUT2D eigenvalue weighted by atomic mass is 10.5. The second-order valence-corrected chi connectivity index (χ2v) is 5.76. The Balaban J connectivity index is 2.63. The van der Waals surface area contributed by atoms with Crippen molar-refractivity contribution >= 4 is 27.1 Å². The molecule has 0 unspecified atom stereocenters. The van der Waals surface area contributed by atoms with Gasteiger partial charge in [-0.05, 0) is 12.1 Å². The predicted molar refractivity (Wildman–Crippen MR) is 56.5 cm³/mol. The van der Waals surface area contributed by atoms with E-state index >= 15 is 0 Å². The van der Waals surface area contributed by atoms with Crippen LogP contribution < -0.4 is 0 Å². The zero-order chi connectivity index (χ0) is 11.1. The third-order valence-electron chi connectivity index (χ3n) is 1.84. The molecule has 2 aromatic heterocycles. The average Bonchev–Trinajstić information content (AvgIpc) is 2.47. The van der Waals surface area contributed by atoms with Crippen molar-refractivity contribution in [2.45, 2.75) is 5.75 Å². The van der Waals surface area contributed by atoms with Gasteiger partial charge in [-0.3, -0.25) is 4.40 Å². The lowest BCUT2D eigenvalue weighted by Crippen LogP contribution is -2.05. The maximum Gasteiger partial charge on any atom is 0.161 e. The van der Waals surface area contributed by atoms with Crippen molar-refractivity contribution in [2.75, 3.05) is 6.26 Å². The normalized spacial score (nSPS) is 12.1. The van der Waals surface area contributed by atoms with Gasteiger partial charge >= 0.3 is 0 Å². The minimum absolute atomic E-state index is 0.169. The summed E-state index contributed by atoms with van der Waals surface area (Å²) in [5.41, 5.74) is 0.543. The van der Waals surface area contributed by atoms with Gasteiger partial charge in [0.15, 0.2) is 21.3 Å². The van der Waals surface area contributed by atoms with Crippen molar-refractivity contribution in [3.63, 3.8) is 0 Å². The van der Waals surface area contributed by atoms with E-state index in [1.54, 1.807) is 18.2 Å². The number of fused-ring (bicyclic) bond motifs is 1. The van der Waals surface area contributed by atoms with E-state index in [0.29, 0.717) is 16.6 Å². The van der Waals surface area contributed by atoms with E-state index in [1.807, 2.05) is 0 Å². The van der Waals surface area contributed by atoms with Crippen molar-refractivity contribution in [3.8, 4) is 0 Å². The topological polar surface area (TPSA) is 64.3 Å². The highest BCUT2D eigenvalue weighted by Crippen LogP contribution is 2.14. The smallest absolute Gasteiger partial charge is 0.161 e. The lowest BCUT2D eigenvalue weighted by Gasteiger charge is -2.00. The number of sulfone groups is 1. The monoisotopic (exact) mass is 245 g/mol. The Hall–Kier alpha value is -1.14. The summed E-state index contributed by atoms with van der Waals surface area (Å²) in [4.78, 5) is 0. The molecule has 0 amide bonds. The van der Waals surface area contributed by atoms with Gasteiger partial charge in [-0.2, -0.15) is 0 Å². The molecule has 0 bridgehead atoms. The van der Waals surface area contributed by atoms with E-state index in [-0.39, 0.29) is 5.75 Å². The quantitative estimate of drug-likeness (QED) is 0.739. The van der Waals surface area contributed by atoms with Gasteiger partial charge < -0.3 is 0 Å². The SMILES string of the molecule is CS(=O)(=O)Cc1nnc2cccc(Cl)n12. The number of hydrogen-bond donors (Lipinski definition) is 0. The minimum atomic E-state index is -3.14. The van der Waals surface area contributed by atoms with Crippen LogP contribution in [0.1, 0.15) is 5.82 Å². The Morgan fingerprint density at radius 3 is 2.80 bits per heavy atom. The first kappa shape index (κ1) is 10.4. The molecule has 5 nitrogen and oxygen atoms in total. The van der Waals surface area contributed by atoms with Crippen LogP contribution >= 0.6 is 11.6 Å². The highest BCUT2D eigenvalue weighted by atomic mass is 35.5. The number of halogens is 1. The van der Waals surface area contributed by atoms with Gasteiger partial charge in [-0.15, -0.1) is 10.2 Å². The highest BCUT2D eigenvalue weighted by Gasteiger charge is 2.13. The Labute approximate surface area is 91.6 Å². The number of aromatic nitrogens is 3. The van der Waals surface area contributed by atoms with Gasteiger partial charge in [0.25, 0.3) is 0 Å². The summed E-state index contributed by atoms with van der Waals surface area (Å²) in [7, 11) is -3.14. The van der Waals surface area contributed by atoms with E-state index in [0.717, 1.165) is 6.26 Å². The van der Waals surface area contributed by atoms with E-state index < -0.39 is 9.84 Å². The fraction of sp³-hybridized carbons (Fsp3) is 0.250. The summed E-state index contributed by atoms with van der Waals surface area (Å²) in [6.45, 7) is 0. The van der Waals surface area contributed by atoms with Crippen LogP contribution in [0.2, 0.25) is 5.15 Å². The van der Waals surface area contributed by atoms with Crippen molar-refractivity contribution in [1.82, 2.24) is 14.6 Å². The molecule has 0 N–H and O–H groups in total. The molecule has 0 saturated heterocycles. The number of hydrogen-bond acceptors (Lipinski definition) is 4. The van der Waals surface area contributed by atoms with E-state index in [9.17, 15) is 8.42 Å². The summed E-state index contributed by atoms with van der Waals surface area (Å²) >= 11 is 5.92. The largest absolute Gasteiger partial charge is 0.268 e. The Kier molecular flexibility index (Phi) is 2.40. The van der Waals surface area contributed by atoms with Crippen molar-refractivity contribution in [3.05, 3.63) is 29.2 Å². The Bertz CT molecular complexity index is 605. The summed E-state index contributed by atoms with van der Waals surface area (Å²) in [6.07, 6.45) is 1.14. The fourth-order valence-corrected chi connectivity index (χ4v) is 2.20. The van der Waals surface area contributed by atoms with E-state index in [2.05, 4.69) is 10.2 Å². The summed E-state index contributed by atoms with van der Waals surface area (Å²) in [6, 6.07) is 5.10. The van der Waals surface area contributed by atoms with Gasteiger partial charge in [0.2, 0.25) is 0 Å². The van der Waals surface area contributed by atoms with Crippen LogP contribution in [-0.4, -0.2) is 29.3 Å². The van der Waals surface area contributed by atoms with E-state index in [1.165, 1.54) is 4.40 Å². The van der Waals surface area contributed by atoms with Crippen LogP contribution in [0.25, 0.3) is 5.65 Å². The molecule has 2 aromatic rings. The van der Waals surface area contributed by atoms with Gasteiger partial charge in [-0.1, -0.05) is 17.7 Å². The molecule has 15 heavy (non-hydrogen) atoms. The zero-order valence-electron chi connectivity index (χ0n) is 7.88. The molecule has 2 heterocycles. The maximum atomic E-state index is 11.1. The van der Waals surface area contributed by atoms with Crippen molar-refractivity contribution in [2.24, 2.45) is 0 Å². The molecule has 0 aromatic carbocycles. The van der Waals surface area contributed by atoms with Crippen LogP contribution in [0.3, 0.4) is 0 Å². The molecule has 0 aliphatic heterocycles. The van der Waals surface area contributed by atoms with Crippen LogP contribution in [0.4, 0.5) is 0 Å². The van der Waals surface area contributed by atoms with Gasteiger partial charge in [-0.25, -0.2) is 8.42 Å². The lowest BCUT2D eigenvalue weighted by molar-refractivity contribution is 0.599. The molecule has 0 aliphatic rings. The molecular formula is C8H8ClN3O2S. The first-order chi connectivity index (χ1) is 6.97. The average molecular weight is 246 g/mol. The molecule has 0 fully saturated rings. The van der Waals surface area contributed by atoms with Crippen LogP contribution in [0.15, 0.2) is 18.2 Å². The molecule has 80 valence electrons. The minimum Gasteiger partial charge on any atom is -0.268 e. The summed E-state index contributed by atoms with van der Waals surface area (Å²) < 4.78 is 23.8. The first-order valence-electron chi connectivity index (χ1n) is 4.13. The van der Waals surface area contributed by atoms with Crippen LogP contribution in [0, 0.1) is 0 Å². The maximum absolute atomic E-state index is 11.1. The molecule has 7 heteroatoms. The molecule has 0 atom stereocenters. The summed E-state index contributed by atoms with van der Waals surface area (Å²) in [5, 5.41) is 8.02. The third-order valence-corrected chi connectivity index (χ3v) is 2.92. The van der Waals surface area contributed by atoms with Crippen LogP contribution in [-0.2, 0) is 15.6 Å². The van der Waals surface area contributed by atoms with Crippen LogP contribution in [0.5, 0.6) is 0 Å². The van der Waals surface area contributed by atoms with E-state index in [4.69, 9.17) is 11.6 Å². The second kappa shape index (κ2) is 3.46. The van der Waals surface area contributed by atoms with Crippen molar-refractivity contribution in [1.29, 1.82) is 0 Å². The van der Waals surface area contributed by atoms with Gasteiger partial charge in [0.1, 0.15) is 10.9 Å². The Morgan fingerprint density at radius 2 is 2.13 bits per heavy atom. The zero-order valence-corrected chi connectivity index (χ0v) is 9.46. The van der Waals surface area contributed by atoms with Gasteiger partial charge in [0, 0.05) is 6.26 Å². The molecule has 0 spiro atoms. The third kappa shape index (κ3) is 2.10. The first-order valence-corrected chi connectivity index (χ1v) is 6.57. The molecule has 2 rings (SSSR count). The van der Waals surface area contributed by atoms with Crippen molar-refractivity contribution < 1.29 is 8.42 Å². The predicted octanol–water partition coefficient (Wildman–Crippen LogP) is 0.927. The standard InChI is InChI=1S/C8H8ClN3O2S/c1-15(13,14)5-8-11-10-7-4-2-3-6(9)12(7)8/h2-4H,5H2,1H3.